The maximum Gasteiger partial charge on any atom is 0.228 e. The van der Waals surface area contributed by atoms with E-state index < -0.39 is 17.8 Å². The van der Waals surface area contributed by atoms with Gasteiger partial charge < -0.3 is 24.7 Å². The summed E-state index contributed by atoms with van der Waals surface area (Å²) in [5.41, 5.74) is 0.572. The summed E-state index contributed by atoms with van der Waals surface area (Å²) in [6, 6.07) is 5.16. The Labute approximate surface area is 133 Å². The van der Waals surface area contributed by atoms with Crippen LogP contribution in [-0.2, 0) is 9.59 Å². The molecule has 1 N–H and O–H groups in total. The topological polar surface area (TPSA) is 87.7 Å². The minimum absolute atomic E-state index is 0.0277. The van der Waals surface area contributed by atoms with Gasteiger partial charge in [0.1, 0.15) is 13.2 Å². The van der Waals surface area contributed by atoms with Gasteiger partial charge in [0.2, 0.25) is 5.91 Å². The summed E-state index contributed by atoms with van der Waals surface area (Å²) in [5.74, 6) is -1.66. The van der Waals surface area contributed by atoms with Crippen molar-refractivity contribution in [3.05, 3.63) is 30.4 Å². The minimum atomic E-state index is -1.15. The van der Waals surface area contributed by atoms with Crippen LogP contribution in [0.2, 0.25) is 0 Å². The predicted molar refractivity (Wildman–Crippen MR) is 78.8 cm³/mol. The number of carbonyl (C=O) groups is 2. The monoisotopic (exact) mass is 314 g/mol. The third kappa shape index (κ3) is 2.34. The summed E-state index contributed by atoms with van der Waals surface area (Å²) in [6.07, 6.45) is 4.54. The quantitative estimate of drug-likeness (QED) is 0.825. The normalized spacial score (nSPS) is 30.3. The van der Waals surface area contributed by atoms with E-state index in [1.165, 1.54) is 0 Å². The molecule has 120 valence electrons. The van der Waals surface area contributed by atoms with Gasteiger partial charge in [0.05, 0.1) is 5.92 Å². The van der Waals surface area contributed by atoms with Crippen LogP contribution in [-0.4, -0.2) is 25.1 Å². The molecule has 1 aliphatic heterocycles. The molecular formula is C17H16NO5-. The number of hydrogen-bond donors (Lipinski definition) is 1. The zero-order chi connectivity index (χ0) is 16.0. The van der Waals surface area contributed by atoms with Crippen LogP contribution in [0.3, 0.4) is 0 Å². The van der Waals surface area contributed by atoms with Crippen LogP contribution in [0.15, 0.2) is 30.4 Å². The Morgan fingerprint density at radius 1 is 1.04 bits per heavy atom. The molecule has 0 spiro atoms. The number of carbonyl (C=O) groups excluding carboxylic acids is 2. The molecule has 0 unspecified atom stereocenters. The Morgan fingerprint density at radius 2 is 1.74 bits per heavy atom. The van der Waals surface area contributed by atoms with Gasteiger partial charge >= 0.3 is 0 Å². The van der Waals surface area contributed by atoms with Crippen molar-refractivity contribution >= 4 is 17.6 Å². The highest BCUT2D eigenvalue weighted by molar-refractivity contribution is 5.96. The minimum Gasteiger partial charge on any atom is -0.550 e. The van der Waals surface area contributed by atoms with Crippen LogP contribution in [0.25, 0.3) is 0 Å². The van der Waals surface area contributed by atoms with Gasteiger partial charge in [-0.2, -0.15) is 0 Å². The van der Waals surface area contributed by atoms with Crippen molar-refractivity contribution in [3.8, 4) is 11.5 Å². The zero-order valence-electron chi connectivity index (χ0n) is 12.4. The molecule has 0 aromatic heterocycles. The number of rotatable bonds is 3. The number of allylic oxidation sites excluding steroid dienone is 2. The number of anilines is 1. The number of carboxylic acids is 1. The molecule has 1 aromatic rings. The van der Waals surface area contributed by atoms with Crippen molar-refractivity contribution in [2.24, 2.45) is 23.7 Å². The molecule has 1 aromatic carbocycles. The standard InChI is InChI=1S/C17H17NO5/c19-16(14-9-1-2-10(7-9)15(14)17(20)21)18-11-3-4-12-13(8-11)23-6-5-22-12/h1-4,8-10,14-15H,5-7H2,(H,18,19)(H,20,21)/p-1/t9-,10-,14-,15-/m0/s1. The molecule has 4 atom stereocenters. The maximum atomic E-state index is 12.6. The molecular weight excluding hydrogens is 298 g/mol. The van der Waals surface area contributed by atoms with Gasteiger partial charge in [0.25, 0.3) is 0 Å². The molecule has 0 saturated heterocycles. The van der Waals surface area contributed by atoms with Crippen LogP contribution in [0.4, 0.5) is 5.69 Å². The van der Waals surface area contributed by atoms with Crippen LogP contribution in [0, 0.1) is 23.7 Å². The number of ether oxygens (including phenoxy) is 2. The van der Waals surface area contributed by atoms with Gasteiger partial charge in [-0.1, -0.05) is 12.2 Å². The number of fused-ring (bicyclic) bond motifs is 3. The summed E-state index contributed by atoms with van der Waals surface area (Å²) in [6.45, 7) is 0.970. The SMILES string of the molecule is O=C([O-])[C@@H]1[C@@H](C(=O)Nc2ccc3c(c2)OCCO3)[C@H]2C=C[C@H]1C2. The number of amides is 1. The number of hydrogen-bond acceptors (Lipinski definition) is 5. The van der Waals surface area contributed by atoms with Crippen molar-refractivity contribution in [1.29, 1.82) is 0 Å². The number of carboxylic acid groups (broad SMARTS) is 1. The fourth-order valence-corrected chi connectivity index (χ4v) is 3.85. The molecule has 1 saturated carbocycles. The molecule has 0 radical (unpaired) electrons. The molecule has 4 rings (SSSR count). The lowest BCUT2D eigenvalue weighted by atomic mass is 9.82. The van der Waals surface area contributed by atoms with Crippen molar-refractivity contribution in [3.63, 3.8) is 0 Å². The van der Waals surface area contributed by atoms with Gasteiger partial charge in [0.15, 0.2) is 11.5 Å². The third-order valence-corrected chi connectivity index (χ3v) is 4.84. The van der Waals surface area contributed by atoms with E-state index in [9.17, 15) is 14.7 Å². The van der Waals surface area contributed by atoms with Crippen molar-refractivity contribution in [2.75, 3.05) is 18.5 Å². The van der Waals surface area contributed by atoms with E-state index in [0.29, 0.717) is 36.8 Å². The van der Waals surface area contributed by atoms with E-state index in [4.69, 9.17) is 9.47 Å². The molecule has 6 nitrogen and oxygen atoms in total. The fourth-order valence-electron chi connectivity index (χ4n) is 3.85. The average Bonchev–Trinajstić information content (AvgIpc) is 3.15. The van der Waals surface area contributed by atoms with Gasteiger partial charge in [-0.15, -0.1) is 0 Å². The largest absolute Gasteiger partial charge is 0.550 e. The summed E-state index contributed by atoms with van der Waals surface area (Å²) in [7, 11) is 0. The second-order valence-electron chi connectivity index (χ2n) is 6.17. The zero-order valence-corrected chi connectivity index (χ0v) is 12.4. The van der Waals surface area contributed by atoms with Crippen molar-refractivity contribution < 1.29 is 24.2 Å². The first-order chi connectivity index (χ1) is 11.1. The maximum absolute atomic E-state index is 12.6. The van der Waals surface area contributed by atoms with Crippen LogP contribution in [0.1, 0.15) is 6.42 Å². The van der Waals surface area contributed by atoms with Gasteiger partial charge in [-0.25, -0.2) is 0 Å². The smallest absolute Gasteiger partial charge is 0.228 e. The molecule has 1 amide bonds. The number of aliphatic carboxylic acids is 1. The highest BCUT2D eigenvalue weighted by atomic mass is 16.6. The lowest BCUT2D eigenvalue weighted by Gasteiger charge is -2.28. The van der Waals surface area contributed by atoms with E-state index in [-0.39, 0.29) is 17.7 Å². The highest BCUT2D eigenvalue weighted by Crippen LogP contribution is 2.48. The van der Waals surface area contributed by atoms with Crippen LogP contribution < -0.4 is 19.9 Å². The Balaban J connectivity index is 1.54. The van der Waals surface area contributed by atoms with Gasteiger partial charge in [0, 0.05) is 23.6 Å². The second kappa shape index (κ2) is 5.30. The number of nitrogens with one attached hydrogen (secondary N) is 1. The Morgan fingerprint density at radius 3 is 2.48 bits per heavy atom. The average molecular weight is 314 g/mol. The van der Waals surface area contributed by atoms with Crippen LogP contribution in [0.5, 0.6) is 11.5 Å². The first-order valence-electron chi connectivity index (χ1n) is 7.73. The Kier molecular flexibility index (Phi) is 3.25. The molecule has 1 fully saturated rings. The molecule has 3 aliphatic rings. The van der Waals surface area contributed by atoms with Gasteiger partial charge in [-0.3, -0.25) is 4.79 Å². The number of benzene rings is 1. The van der Waals surface area contributed by atoms with E-state index in [1.807, 2.05) is 12.2 Å². The van der Waals surface area contributed by atoms with E-state index in [0.717, 1.165) is 0 Å². The van der Waals surface area contributed by atoms with Crippen molar-refractivity contribution in [1.82, 2.24) is 0 Å². The first-order valence-corrected chi connectivity index (χ1v) is 7.73. The lowest BCUT2D eigenvalue weighted by Crippen LogP contribution is -2.42. The molecule has 23 heavy (non-hydrogen) atoms. The van der Waals surface area contributed by atoms with E-state index >= 15 is 0 Å². The van der Waals surface area contributed by atoms with Crippen molar-refractivity contribution in [2.45, 2.75) is 6.42 Å². The summed E-state index contributed by atoms with van der Waals surface area (Å²) in [4.78, 5) is 24.0. The summed E-state index contributed by atoms with van der Waals surface area (Å²) in [5, 5.41) is 14.2. The Bertz CT molecular complexity index is 698. The molecule has 6 heteroatoms. The van der Waals surface area contributed by atoms with E-state index in [1.54, 1.807) is 18.2 Å². The van der Waals surface area contributed by atoms with Crippen LogP contribution >= 0.6 is 0 Å². The van der Waals surface area contributed by atoms with E-state index in [2.05, 4.69) is 5.32 Å². The summed E-state index contributed by atoms with van der Waals surface area (Å²) < 4.78 is 10.9. The third-order valence-electron chi connectivity index (χ3n) is 4.84. The molecule has 2 aliphatic carbocycles. The van der Waals surface area contributed by atoms with Gasteiger partial charge in [-0.05, 0) is 30.4 Å². The second-order valence-corrected chi connectivity index (χ2v) is 6.17. The Hall–Kier alpha value is -2.50. The predicted octanol–water partition coefficient (Wildman–Crippen LogP) is 0.584. The lowest BCUT2D eigenvalue weighted by molar-refractivity contribution is -0.313. The molecule has 1 heterocycles. The fraction of sp³-hybridized carbons (Fsp3) is 0.412. The highest BCUT2D eigenvalue weighted by Gasteiger charge is 2.48. The summed E-state index contributed by atoms with van der Waals surface area (Å²) >= 11 is 0. The molecule has 2 bridgehead atoms. The first kappa shape index (κ1) is 14.1.